The third-order valence-corrected chi connectivity index (χ3v) is 4.47. The van der Waals surface area contributed by atoms with Gasteiger partial charge in [0.25, 0.3) is 0 Å². The van der Waals surface area contributed by atoms with Crippen LogP contribution in [0, 0.1) is 0 Å². The number of rotatable bonds is 8. The van der Waals surface area contributed by atoms with E-state index in [9.17, 15) is 9.59 Å². The number of nitrogens with zero attached hydrogens (tertiary/aromatic N) is 4. The highest BCUT2D eigenvalue weighted by atomic mass is 35.5. The quantitative estimate of drug-likeness (QED) is 0.249. The van der Waals surface area contributed by atoms with Gasteiger partial charge in [0.2, 0.25) is 11.9 Å². The molecule has 10 nitrogen and oxygen atoms in total. The molecular weight excluding hydrogens is 455 g/mol. The largest absolute Gasteiger partial charge is 0.369 e. The Morgan fingerprint density at radius 3 is 1.34 bits per heavy atom. The van der Waals surface area contributed by atoms with Crippen LogP contribution in [0.5, 0.6) is 0 Å². The van der Waals surface area contributed by atoms with Gasteiger partial charge in [-0.25, -0.2) is 0 Å². The van der Waals surface area contributed by atoms with Crippen LogP contribution >= 0.6 is 24.8 Å². The molecule has 0 bridgehead atoms. The average Bonchev–Trinajstić information content (AvgIpc) is 2.71. The molecule has 174 valence electrons. The van der Waals surface area contributed by atoms with Crippen molar-refractivity contribution in [3.05, 3.63) is 46.5 Å². The summed E-state index contributed by atoms with van der Waals surface area (Å²) in [6.07, 6.45) is 1.54. The third-order valence-electron chi connectivity index (χ3n) is 4.47. The van der Waals surface area contributed by atoms with Gasteiger partial charge in [-0.05, 0) is 39.5 Å². The van der Waals surface area contributed by atoms with Gasteiger partial charge in [-0.1, -0.05) is 24.3 Å². The number of benzene rings is 1. The van der Waals surface area contributed by atoms with Crippen molar-refractivity contribution >= 4 is 59.7 Å². The van der Waals surface area contributed by atoms with E-state index in [1.54, 1.807) is 38.1 Å². The Balaban J connectivity index is 0.00000480. The number of nitrogens with two attached hydrogens (primary N) is 4. The van der Waals surface area contributed by atoms with Gasteiger partial charge < -0.3 is 22.9 Å². The zero-order valence-electron chi connectivity index (χ0n) is 17.9. The number of hydrogen-bond donors (Lipinski definition) is 4. The number of ketones is 2. The number of fused-ring (bicyclic) bond motifs is 1. The minimum Gasteiger partial charge on any atom is -0.369 e. The second-order valence-corrected chi connectivity index (χ2v) is 6.88. The lowest BCUT2D eigenvalue weighted by atomic mass is 9.80. The summed E-state index contributed by atoms with van der Waals surface area (Å²) in [5.74, 6) is -0.618. The van der Waals surface area contributed by atoms with E-state index >= 15 is 0 Å². The number of hydrogen-bond acceptors (Lipinski definition) is 6. The molecule has 8 N–H and O–H groups in total. The monoisotopic (exact) mass is 482 g/mol. The highest BCUT2D eigenvalue weighted by Crippen LogP contribution is 2.31. The van der Waals surface area contributed by atoms with E-state index in [4.69, 9.17) is 22.9 Å². The number of guanidine groups is 2. The number of halogens is 2. The molecule has 1 aliphatic carbocycles. The number of carbonyl (C=O) groups excluding carboxylic acids is 2. The molecule has 1 aromatic carbocycles. The van der Waals surface area contributed by atoms with Crippen molar-refractivity contribution in [1.82, 2.24) is 0 Å². The highest BCUT2D eigenvalue weighted by Gasteiger charge is 2.31. The van der Waals surface area contributed by atoms with Crippen molar-refractivity contribution in [2.75, 3.05) is 0 Å². The molecule has 0 atom stereocenters. The molecule has 0 saturated heterocycles. The van der Waals surface area contributed by atoms with Gasteiger partial charge in [-0.3, -0.25) is 9.59 Å². The lowest BCUT2D eigenvalue weighted by Crippen LogP contribution is -2.23. The highest BCUT2D eigenvalue weighted by molar-refractivity contribution is 6.27. The molecule has 0 amide bonds. The first kappa shape index (κ1) is 28.8. The van der Waals surface area contributed by atoms with E-state index in [2.05, 4.69) is 20.4 Å². The fourth-order valence-corrected chi connectivity index (χ4v) is 3.01. The summed E-state index contributed by atoms with van der Waals surface area (Å²) < 4.78 is 0. The Bertz CT molecular complexity index is 926. The maximum absolute atomic E-state index is 13.1. The normalized spacial score (nSPS) is 13.6. The predicted octanol–water partition coefficient (Wildman–Crippen LogP) is 2.06. The molecule has 0 saturated carbocycles. The van der Waals surface area contributed by atoms with Crippen LogP contribution < -0.4 is 22.9 Å². The molecule has 0 spiro atoms. The predicted molar refractivity (Wildman–Crippen MR) is 133 cm³/mol. The van der Waals surface area contributed by atoms with Crippen LogP contribution in [0.1, 0.15) is 60.2 Å². The van der Waals surface area contributed by atoms with Crippen LogP contribution in [-0.4, -0.2) is 34.9 Å². The first-order chi connectivity index (χ1) is 14.2. The van der Waals surface area contributed by atoms with E-state index < -0.39 is 0 Å². The van der Waals surface area contributed by atoms with Gasteiger partial charge in [0, 0.05) is 33.7 Å². The molecular formula is C20H28Cl2N8O2. The van der Waals surface area contributed by atoms with Crippen molar-refractivity contribution in [2.45, 2.75) is 39.5 Å². The molecule has 0 unspecified atom stereocenters. The zero-order chi connectivity index (χ0) is 22.3. The van der Waals surface area contributed by atoms with E-state index in [0.29, 0.717) is 59.4 Å². The van der Waals surface area contributed by atoms with Gasteiger partial charge in [0.15, 0.2) is 11.6 Å². The SMILES string of the molecule is C/C(CCC1=C(CC/C(C)=N/N=C(N)N)C(=O)c2ccccc2C1=O)=N\N=C(N)N.Cl.Cl. The van der Waals surface area contributed by atoms with Crippen LogP contribution in [0.15, 0.2) is 55.8 Å². The second kappa shape index (κ2) is 13.2. The summed E-state index contributed by atoms with van der Waals surface area (Å²) >= 11 is 0. The zero-order valence-corrected chi connectivity index (χ0v) is 19.5. The molecule has 0 radical (unpaired) electrons. The summed E-state index contributed by atoms with van der Waals surface area (Å²) in [6, 6.07) is 6.81. The minimum absolute atomic E-state index is 0. The van der Waals surface area contributed by atoms with Crippen molar-refractivity contribution in [1.29, 1.82) is 0 Å². The van der Waals surface area contributed by atoms with Gasteiger partial charge >= 0.3 is 0 Å². The lowest BCUT2D eigenvalue weighted by Gasteiger charge is -2.21. The Hall–Kier alpha value is -3.24. The first-order valence-electron chi connectivity index (χ1n) is 9.35. The fourth-order valence-electron chi connectivity index (χ4n) is 3.01. The third kappa shape index (κ3) is 7.78. The molecule has 0 heterocycles. The summed E-state index contributed by atoms with van der Waals surface area (Å²) in [6.45, 7) is 3.50. The van der Waals surface area contributed by atoms with Gasteiger partial charge in [0.1, 0.15) is 0 Å². The average molecular weight is 483 g/mol. The molecule has 1 aromatic rings. The molecule has 0 aliphatic heterocycles. The number of carbonyl (C=O) groups is 2. The lowest BCUT2D eigenvalue weighted by molar-refractivity contribution is 0.0969. The summed E-state index contributed by atoms with van der Waals surface area (Å²) in [5.41, 5.74) is 24.2. The second-order valence-electron chi connectivity index (χ2n) is 6.88. The Morgan fingerprint density at radius 1 is 0.688 bits per heavy atom. The van der Waals surface area contributed by atoms with Crippen molar-refractivity contribution in [2.24, 2.45) is 43.3 Å². The van der Waals surface area contributed by atoms with Gasteiger partial charge in [0.05, 0.1) is 0 Å². The van der Waals surface area contributed by atoms with E-state index in [1.165, 1.54) is 0 Å². The van der Waals surface area contributed by atoms with Gasteiger partial charge in [-0.2, -0.15) is 10.2 Å². The minimum atomic E-state index is -0.159. The molecule has 32 heavy (non-hydrogen) atoms. The van der Waals surface area contributed by atoms with Crippen molar-refractivity contribution in [3.8, 4) is 0 Å². The Kier molecular flexibility index (Phi) is 11.9. The Labute approximate surface area is 198 Å². The van der Waals surface area contributed by atoms with E-state index in [0.717, 1.165) is 0 Å². The smallest absolute Gasteiger partial charge is 0.211 e. The summed E-state index contributed by atoms with van der Waals surface area (Å²) in [4.78, 5) is 26.2. The van der Waals surface area contributed by atoms with Crippen LogP contribution in [0.2, 0.25) is 0 Å². The maximum Gasteiger partial charge on any atom is 0.211 e. The number of Topliss-reactive ketones (excluding diaryl/α,β-unsaturated/α-hetero) is 2. The first-order valence-corrected chi connectivity index (χ1v) is 9.35. The molecule has 2 rings (SSSR count). The van der Waals surface area contributed by atoms with Crippen LogP contribution in [0.3, 0.4) is 0 Å². The van der Waals surface area contributed by atoms with Crippen LogP contribution in [0.25, 0.3) is 0 Å². The van der Waals surface area contributed by atoms with Crippen molar-refractivity contribution in [3.63, 3.8) is 0 Å². The maximum atomic E-state index is 13.1. The molecule has 0 aromatic heterocycles. The van der Waals surface area contributed by atoms with Crippen LogP contribution in [0.4, 0.5) is 0 Å². The van der Waals surface area contributed by atoms with Crippen molar-refractivity contribution < 1.29 is 9.59 Å². The summed E-state index contributed by atoms with van der Waals surface area (Å²) in [7, 11) is 0. The van der Waals surface area contributed by atoms with E-state index in [1.807, 2.05) is 0 Å². The molecule has 1 aliphatic rings. The topological polar surface area (TPSA) is 188 Å². The fraction of sp³-hybridized carbons (Fsp3) is 0.300. The van der Waals surface area contributed by atoms with Gasteiger partial charge in [-0.15, -0.1) is 35.0 Å². The molecule has 12 heteroatoms. The Morgan fingerprint density at radius 2 is 1.03 bits per heavy atom. The number of allylic oxidation sites excluding steroid dienone is 2. The summed E-state index contributed by atoms with van der Waals surface area (Å²) in [5, 5.41) is 15.1. The van der Waals surface area contributed by atoms with E-state index in [-0.39, 0.29) is 48.3 Å². The molecule has 0 fully saturated rings. The van der Waals surface area contributed by atoms with Crippen LogP contribution in [-0.2, 0) is 0 Å². The standard InChI is InChI=1S/C20H26N8O2.2ClH/c1-11(25-27-19(21)22)7-9-15-16(10-8-12(2)26-28-20(23)24)18(30)14-6-4-3-5-13(14)17(15)29;;/h3-6H,7-10H2,1-2H3,(H4,21,22,27)(H4,23,24,28);2*1H/b25-11+,26-12+;;.